The van der Waals surface area contributed by atoms with Gasteiger partial charge in [-0.1, -0.05) is 6.07 Å². The van der Waals surface area contributed by atoms with Crippen molar-refractivity contribution in [3.8, 4) is 11.5 Å². The standard InChI is InChI=1S/C15H15ClN2O3S/c1-20-12-5-3-10(7-13(12)21-2)4-6-14(19)18-15-17-11(8-16)9-22-15/h3-7,9H,8H2,1-2H3,(H,17,18,19)/b6-4+. The minimum Gasteiger partial charge on any atom is -0.493 e. The van der Waals surface area contributed by atoms with Crippen LogP contribution in [0.2, 0.25) is 0 Å². The highest BCUT2D eigenvalue weighted by molar-refractivity contribution is 7.14. The van der Waals surface area contributed by atoms with Crippen molar-refractivity contribution in [1.29, 1.82) is 0 Å². The lowest BCUT2D eigenvalue weighted by Gasteiger charge is -2.07. The summed E-state index contributed by atoms with van der Waals surface area (Å²) in [4.78, 5) is 16.0. The quantitative estimate of drug-likeness (QED) is 0.646. The second kappa shape index (κ2) is 7.82. The summed E-state index contributed by atoms with van der Waals surface area (Å²) in [6, 6.07) is 5.40. The summed E-state index contributed by atoms with van der Waals surface area (Å²) in [5.41, 5.74) is 1.57. The highest BCUT2D eigenvalue weighted by Gasteiger charge is 2.05. The first-order valence-electron chi connectivity index (χ1n) is 6.37. The molecule has 7 heteroatoms. The SMILES string of the molecule is COc1ccc(/C=C/C(=O)Nc2nc(CCl)cs2)cc1OC. The number of ether oxygens (including phenoxy) is 2. The van der Waals surface area contributed by atoms with Gasteiger partial charge in [0.1, 0.15) is 0 Å². The van der Waals surface area contributed by atoms with Crippen molar-refractivity contribution in [2.45, 2.75) is 5.88 Å². The number of amides is 1. The molecular formula is C15H15ClN2O3S. The molecule has 22 heavy (non-hydrogen) atoms. The smallest absolute Gasteiger partial charge is 0.250 e. The van der Waals surface area contributed by atoms with Crippen molar-refractivity contribution >= 4 is 40.1 Å². The first-order chi connectivity index (χ1) is 10.7. The van der Waals surface area contributed by atoms with Crippen LogP contribution >= 0.6 is 22.9 Å². The lowest BCUT2D eigenvalue weighted by molar-refractivity contribution is -0.111. The van der Waals surface area contributed by atoms with Gasteiger partial charge in [0.25, 0.3) is 0 Å². The minimum absolute atomic E-state index is 0.259. The summed E-state index contributed by atoms with van der Waals surface area (Å²) in [6.45, 7) is 0. The number of nitrogens with one attached hydrogen (secondary N) is 1. The number of aromatic nitrogens is 1. The predicted octanol–water partition coefficient (Wildman–Crippen LogP) is 3.55. The summed E-state index contributed by atoms with van der Waals surface area (Å²) in [7, 11) is 3.14. The van der Waals surface area contributed by atoms with Gasteiger partial charge in [-0.25, -0.2) is 4.98 Å². The number of anilines is 1. The van der Waals surface area contributed by atoms with Crippen molar-refractivity contribution < 1.29 is 14.3 Å². The lowest BCUT2D eigenvalue weighted by atomic mass is 10.2. The van der Waals surface area contributed by atoms with E-state index in [9.17, 15) is 4.79 Å². The maximum Gasteiger partial charge on any atom is 0.250 e. The molecule has 0 saturated heterocycles. The Balaban J connectivity index is 2.02. The molecule has 0 radical (unpaired) electrons. The monoisotopic (exact) mass is 338 g/mol. The van der Waals surface area contributed by atoms with Crippen LogP contribution in [-0.4, -0.2) is 25.1 Å². The van der Waals surface area contributed by atoms with Crippen LogP contribution in [0.25, 0.3) is 6.08 Å². The summed E-state index contributed by atoms with van der Waals surface area (Å²) in [5.74, 6) is 1.32. The van der Waals surface area contributed by atoms with Gasteiger partial charge in [-0.3, -0.25) is 10.1 Å². The zero-order valence-corrected chi connectivity index (χ0v) is 13.7. The molecule has 0 aliphatic heterocycles. The summed E-state index contributed by atoms with van der Waals surface area (Å²) >= 11 is 7.00. The molecule has 1 aromatic carbocycles. The van der Waals surface area contributed by atoms with Gasteiger partial charge in [0, 0.05) is 11.5 Å². The van der Waals surface area contributed by atoms with Crippen LogP contribution in [0.3, 0.4) is 0 Å². The van der Waals surface area contributed by atoms with Crippen molar-refractivity contribution in [2.24, 2.45) is 0 Å². The molecule has 1 aromatic heterocycles. The molecule has 1 N–H and O–H groups in total. The first kappa shape index (κ1) is 16.3. The van der Waals surface area contributed by atoms with E-state index in [2.05, 4.69) is 10.3 Å². The van der Waals surface area contributed by atoms with Gasteiger partial charge < -0.3 is 9.47 Å². The molecule has 0 saturated carbocycles. The van der Waals surface area contributed by atoms with Gasteiger partial charge in [-0.15, -0.1) is 22.9 Å². The molecule has 1 amide bonds. The van der Waals surface area contributed by atoms with E-state index in [0.29, 0.717) is 22.5 Å². The largest absolute Gasteiger partial charge is 0.493 e. The molecular weight excluding hydrogens is 324 g/mol. The number of hydrogen-bond acceptors (Lipinski definition) is 5. The molecule has 0 unspecified atom stereocenters. The van der Waals surface area contributed by atoms with Crippen LogP contribution in [0, 0.1) is 0 Å². The van der Waals surface area contributed by atoms with Crippen molar-refractivity contribution in [3.05, 3.63) is 40.9 Å². The zero-order valence-electron chi connectivity index (χ0n) is 12.1. The highest BCUT2D eigenvalue weighted by Crippen LogP contribution is 2.28. The van der Waals surface area contributed by atoms with Crippen molar-refractivity contribution in [2.75, 3.05) is 19.5 Å². The lowest BCUT2D eigenvalue weighted by Crippen LogP contribution is -2.07. The number of carbonyl (C=O) groups excluding carboxylic acids is 1. The maximum atomic E-state index is 11.8. The third-order valence-electron chi connectivity index (χ3n) is 2.75. The third kappa shape index (κ3) is 4.22. The van der Waals surface area contributed by atoms with Crippen LogP contribution in [-0.2, 0) is 10.7 Å². The molecule has 0 bridgehead atoms. The molecule has 1 heterocycles. The van der Waals surface area contributed by atoms with Gasteiger partial charge in [0.2, 0.25) is 5.91 Å². The number of alkyl halides is 1. The van der Waals surface area contributed by atoms with E-state index < -0.39 is 0 Å². The Bertz CT molecular complexity index is 685. The van der Waals surface area contributed by atoms with Gasteiger partial charge in [-0.05, 0) is 23.8 Å². The van der Waals surface area contributed by atoms with Gasteiger partial charge in [0.05, 0.1) is 25.8 Å². The summed E-state index contributed by atoms with van der Waals surface area (Å²) in [6.07, 6.45) is 3.12. The Morgan fingerprint density at radius 1 is 1.36 bits per heavy atom. The number of rotatable bonds is 6. The zero-order chi connectivity index (χ0) is 15.9. The molecule has 116 valence electrons. The average Bonchev–Trinajstić information content (AvgIpc) is 3.00. The second-order valence-electron chi connectivity index (χ2n) is 4.21. The van der Waals surface area contributed by atoms with Crippen molar-refractivity contribution in [1.82, 2.24) is 4.98 Å². The molecule has 5 nitrogen and oxygen atoms in total. The molecule has 2 rings (SSSR count). The van der Waals surface area contributed by atoms with Crippen LogP contribution < -0.4 is 14.8 Å². The molecule has 2 aromatic rings. The van der Waals surface area contributed by atoms with Crippen LogP contribution in [0.5, 0.6) is 11.5 Å². The summed E-state index contributed by atoms with van der Waals surface area (Å²) in [5, 5.41) is 5.02. The number of benzene rings is 1. The number of thiazole rings is 1. The van der Waals surface area contributed by atoms with E-state index in [4.69, 9.17) is 21.1 Å². The molecule has 0 atom stereocenters. The minimum atomic E-state index is -0.259. The van der Waals surface area contributed by atoms with E-state index in [1.165, 1.54) is 17.4 Å². The Labute approximate surface area is 137 Å². The Morgan fingerprint density at radius 2 is 2.14 bits per heavy atom. The Morgan fingerprint density at radius 3 is 2.77 bits per heavy atom. The molecule has 0 aliphatic rings. The Kier molecular flexibility index (Phi) is 5.80. The third-order valence-corrected chi connectivity index (χ3v) is 3.83. The van der Waals surface area contributed by atoms with Crippen LogP contribution in [0.15, 0.2) is 29.7 Å². The molecule has 0 spiro atoms. The van der Waals surface area contributed by atoms with E-state index in [1.807, 2.05) is 6.07 Å². The topological polar surface area (TPSA) is 60.5 Å². The van der Waals surface area contributed by atoms with Crippen LogP contribution in [0.4, 0.5) is 5.13 Å². The number of halogens is 1. The second-order valence-corrected chi connectivity index (χ2v) is 5.34. The summed E-state index contributed by atoms with van der Waals surface area (Å²) < 4.78 is 10.4. The fourth-order valence-corrected chi connectivity index (χ4v) is 2.64. The van der Waals surface area contributed by atoms with E-state index >= 15 is 0 Å². The van der Waals surface area contributed by atoms with E-state index in [1.54, 1.807) is 37.8 Å². The van der Waals surface area contributed by atoms with Crippen molar-refractivity contribution in [3.63, 3.8) is 0 Å². The number of hydrogen-bond donors (Lipinski definition) is 1. The number of carbonyl (C=O) groups is 1. The van der Waals surface area contributed by atoms with E-state index in [0.717, 1.165) is 11.3 Å². The predicted molar refractivity (Wildman–Crippen MR) is 88.9 cm³/mol. The molecule has 0 aliphatic carbocycles. The van der Waals surface area contributed by atoms with Gasteiger partial charge >= 0.3 is 0 Å². The van der Waals surface area contributed by atoms with Crippen LogP contribution in [0.1, 0.15) is 11.3 Å². The van der Waals surface area contributed by atoms with E-state index in [-0.39, 0.29) is 5.91 Å². The highest BCUT2D eigenvalue weighted by atomic mass is 35.5. The van der Waals surface area contributed by atoms with Gasteiger partial charge in [0.15, 0.2) is 16.6 Å². The maximum absolute atomic E-state index is 11.8. The average molecular weight is 339 g/mol. The normalized spacial score (nSPS) is 10.7. The fourth-order valence-electron chi connectivity index (χ4n) is 1.70. The first-order valence-corrected chi connectivity index (χ1v) is 7.79. The number of methoxy groups -OCH3 is 2. The fraction of sp³-hybridized carbons (Fsp3) is 0.200. The Hall–Kier alpha value is -2.05. The van der Waals surface area contributed by atoms with Gasteiger partial charge in [-0.2, -0.15) is 0 Å². The molecule has 0 fully saturated rings. The number of nitrogens with zero attached hydrogens (tertiary/aromatic N) is 1.